The molecule has 1 amide bonds. The van der Waals surface area contributed by atoms with Crippen LogP contribution in [0.5, 0.6) is 0 Å². The first-order valence-electron chi connectivity index (χ1n) is 8.40. The molecule has 0 aromatic carbocycles. The highest BCUT2D eigenvalue weighted by atomic mass is 16.6. The molecule has 1 saturated heterocycles. The maximum absolute atomic E-state index is 12.7. The Labute approximate surface area is 145 Å². The van der Waals surface area contributed by atoms with E-state index in [4.69, 9.17) is 0 Å². The van der Waals surface area contributed by atoms with Crippen molar-refractivity contribution < 1.29 is 9.72 Å². The molecule has 0 bridgehead atoms. The Balaban J connectivity index is 1.86. The molecule has 1 aliphatic heterocycles. The van der Waals surface area contributed by atoms with Crippen molar-refractivity contribution in [2.24, 2.45) is 0 Å². The van der Waals surface area contributed by atoms with E-state index in [1.54, 1.807) is 24.5 Å². The largest absolute Gasteiger partial charge is 0.336 e. The van der Waals surface area contributed by atoms with Crippen LogP contribution in [0.4, 0.5) is 5.69 Å². The van der Waals surface area contributed by atoms with Crippen molar-refractivity contribution in [3.05, 3.63) is 40.8 Å². The van der Waals surface area contributed by atoms with Crippen molar-refractivity contribution in [2.45, 2.75) is 51.7 Å². The smallest absolute Gasteiger partial charge is 0.314 e. The van der Waals surface area contributed by atoms with Crippen molar-refractivity contribution in [1.82, 2.24) is 19.7 Å². The van der Waals surface area contributed by atoms with Gasteiger partial charge in [0.25, 0.3) is 0 Å². The number of hydrogen-bond acceptors (Lipinski definition) is 5. The lowest BCUT2D eigenvalue weighted by Gasteiger charge is -2.39. The van der Waals surface area contributed by atoms with Crippen LogP contribution in [0.3, 0.4) is 0 Å². The van der Waals surface area contributed by atoms with E-state index in [1.165, 1.54) is 10.9 Å². The zero-order chi connectivity index (χ0) is 18.0. The van der Waals surface area contributed by atoms with Crippen LogP contribution in [0.25, 0.3) is 11.3 Å². The van der Waals surface area contributed by atoms with E-state index in [2.05, 4.69) is 10.1 Å². The molecule has 8 nitrogen and oxygen atoms in total. The molecule has 2 aromatic rings. The average molecular weight is 343 g/mol. The SMILES string of the molecule is C[C@@H]1CCC[C@H](C)N1C(=O)Cn1cc([N+](=O)[O-])c(-c2ccncc2)n1. The van der Waals surface area contributed by atoms with Crippen LogP contribution in [-0.4, -0.2) is 42.6 Å². The first kappa shape index (κ1) is 17.1. The Morgan fingerprint density at radius 2 is 1.92 bits per heavy atom. The van der Waals surface area contributed by atoms with Crippen molar-refractivity contribution in [2.75, 3.05) is 0 Å². The molecule has 1 aliphatic rings. The van der Waals surface area contributed by atoms with Gasteiger partial charge in [0.15, 0.2) is 5.69 Å². The molecule has 2 atom stereocenters. The number of carbonyl (C=O) groups excluding carboxylic acids is 1. The van der Waals surface area contributed by atoms with Crippen LogP contribution < -0.4 is 0 Å². The Kier molecular flexibility index (Phi) is 4.78. The summed E-state index contributed by atoms with van der Waals surface area (Å²) in [5.41, 5.74) is 0.742. The molecule has 3 heterocycles. The summed E-state index contributed by atoms with van der Waals surface area (Å²) in [5, 5.41) is 15.6. The molecule has 1 fully saturated rings. The van der Waals surface area contributed by atoms with Gasteiger partial charge in [-0.15, -0.1) is 0 Å². The molecule has 2 aromatic heterocycles. The van der Waals surface area contributed by atoms with Crippen LogP contribution in [0, 0.1) is 10.1 Å². The highest BCUT2D eigenvalue weighted by Crippen LogP contribution is 2.28. The van der Waals surface area contributed by atoms with Gasteiger partial charge in [0.1, 0.15) is 12.7 Å². The fraction of sp³-hybridized carbons (Fsp3) is 0.471. The van der Waals surface area contributed by atoms with E-state index in [0.717, 1.165) is 19.3 Å². The highest BCUT2D eigenvalue weighted by molar-refractivity contribution is 5.77. The van der Waals surface area contributed by atoms with Gasteiger partial charge in [-0.1, -0.05) is 0 Å². The first-order valence-corrected chi connectivity index (χ1v) is 8.40. The average Bonchev–Trinajstić information content (AvgIpc) is 2.99. The fourth-order valence-electron chi connectivity index (χ4n) is 3.47. The second kappa shape index (κ2) is 7.00. The van der Waals surface area contributed by atoms with Crippen LogP contribution in [0.2, 0.25) is 0 Å². The van der Waals surface area contributed by atoms with E-state index >= 15 is 0 Å². The molecular weight excluding hydrogens is 322 g/mol. The molecule has 0 unspecified atom stereocenters. The molecular formula is C17H21N5O3. The van der Waals surface area contributed by atoms with E-state index in [0.29, 0.717) is 5.56 Å². The number of nitrogens with zero attached hydrogens (tertiary/aromatic N) is 5. The second-order valence-electron chi connectivity index (χ2n) is 6.48. The third kappa shape index (κ3) is 3.52. The fourth-order valence-corrected chi connectivity index (χ4v) is 3.47. The summed E-state index contributed by atoms with van der Waals surface area (Å²) < 4.78 is 1.37. The molecule has 0 saturated carbocycles. The lowest BCUT2D eigenvalue weighted by molar-refractivity contribution is -0.384. The van der Waals surface area contributed by atoms with Gasteiger partial charge in [-0.05, 0) is 45.2 Å². The van der Waals surface area contributed by atoms with Gasteiger partial charge in [0, 0.05) is 30.0 Å². The Morgan fingerprint density at radius 3 is 2.52 bits per heavy atom. The quantitative estimate of drug-likeness (QED) is 0.628. The maximum Gasteiger partial charge on any atom is 0.314 e. The maximum atomic E-state index is 12.7. The summed E-state index contributed by atoms with van der Waals surface area (Å²) in [5.74, 6) is -0.0571. The molecule has 0 aliphatic carbocycles. The van der Waals surface area contributed by atoms with Gasteiger partial charge in [0.2, 0.25) is 5.91 Å². The third-order valence-electron chi connectivity index (χ3n) is 4.67. The molecule has 0 N–H and O–H groups in total. The molecule has 132 valence electrons. The number of pyridine rings is 1. The third-order valence-corrected chi connectivity index (χ3v) is 4.67. The minimum Gasteiger partial charge on any atom is -0.336 e. The molecule has 0 radical (unpaired) electrons. The number of amides is 1. The zero-order valence-corrected chi connectivity index (χ0v) is 14.3. The predicted octanol–water partition coefficient (Wildman–Crippen LogP) is 2.64. The molecule has 0 spiro atoms. The highest BCUT2D eigenvalue weighted by Gasteiger charge is 2.30. The van der Waals surface area contributed by atoms with Gasteiger partial charge >= 0.3 is 5.69 Å². The van der Waals surface area contributed by atoms with E-state index in [-0.39, 0.29) is 35.9 Å². The van der Waals surface area contributed by atoms with Crippen molar-refractivity contribution in [3.8, 4) is 11.3 Å². The summed E-state index contributed by atoms with van der Waals surface area (Å²) in [6.45, 7) is 4.09. The normalized spacial score (nSPS) is 20.5. The summed E-state index contributed by atoms with van der Waals surface area (Å²) in [6.07, 6.45) is 7.52. The van der Waals surface area contributed by atoms with Crippen molar-refractivity contribution in [3.63, 3.8) is 0 Å². The number of likely N-dealkylation sites (tertiary alicyclic amines) is 1. The standard InChI is InChI=1S/C17H21N5O3/c1-12-4-3-5-13(2)21(12)16(23)11-20-10-15(22(24)25)17(19-20)14-6-8-18-9-7-14/h6-10,12-13H,3-5,11H2,1-2H3/t12-,13+. The van der Waals surface area contributed by atoms with Gasteiger partial charge in [0.05, 0.1) is 4.92 Å². The molecule has 3 rings (SSSR count). The van der Waals surface area contributed by atoms with Gasteiger partial charge in [-0.3, -0.25) is 24.6 Å². The van der Waals surface area contributed by atoms with Crippen molar-refractivity contribution in [1.29, 1.82) is 0 Å². The Bertz CT molecular complexity index is 764. The number of nitro groups is 1. The van der Waals surface area contributed by atoms with Gasteiger partial charge in [-0.25, -0.2) is 0 Å². The van der Waals surface area contributed by atoms with E-state index < -0.39 is 4.92 Å². The first-order chi connectivity index (χ1) is 12.0. The number of carbonyl (C=O) groups is 1. The summed E-state index contributed by atoms with van der Waals surface area (Å²) in [6, 6.07) is 3.69. The number of aromatic nitrogens is 3. The minimum atomic E-state index is -0.476. The minimum absolute atomic E-state index is 0.000599. The summed E-state index contributed by atoms with van der Waals surface area (Å²) >= 11 is 0. The van der Waals surface area contributed by atoms with Crippen LogP contribution >= 0.6 is 0 Å². The van der Waals surface area contributed by atoms with Gasteiger partial charge < -0.3 is 4.90 Å². The van der Waals surface area contributed by atoms with Crippen LogP contribution in [0.15, 0.2) is 30.7 Å². The summed E-state index contributed by atoms with van der Waals surface area (Å²) in [4.78, 5) is 29.4. The van der Waals surface area contributed by atoms with Crippen LogP contribution in [0.1, 0.15) is 33.1 Å². The topological polar surface area (TPSA) is 94.2 Å². The number of hydrogen-bond donors (Lipinski definition) is 0. The monoisotopic (exact) mass is 343 g/mol. The van der Waals surface area contributed by atoms with Crippen molar-refractivity contribution >= 4 is 11.6 Å². The number of rotatable bonds is 4. The van der Waals surface area contributed by atoms with Gasteiger partial charge in [-0.2, -0.15) is 5.10 Å². The zero-order valence-electron chi connectivity index (χ0n) is 14.3. The second-order valence-corrected chi connectivity index (χ2v) is 6.48. The summed E-state index contributed by atoms with van der Waals surface area (Å²) in [7, 11) is 0. The Morgan fingerprint density at radius 1 is 1.28 bits per heavy atom. The van der Waals surface area contributed by atoms with E-state index in [9.17, 15) is 14.9 Å². The number of piperidine rings is 1. The molecule has 25 heavy (non-hydrogen) atoms. The van der Waals surface area contributed by atoms with E-state index in [1.807, 2.05) is 18.7 Å². The predicted molar refractivity (Wildman–Crippen MR) is 91.7 cm³/mol. The molecule has 8 heteroatoms. The lowest BCUT2D eigenvalue weighted by Crippen LogP contribution is -2.48. The lowest BCUT2D eigenvalue weighted by atomic mass is 9.97. The Hall–Kier alpha value is -2.77. The van der Waals surface area contributed by atoms with Crippen LogP contribution in [-0.2, 0) is 11.3 Å².